The van der Waals surface area contributed by atoms with Crippen molar-refractivity contribution in [3.8, 4) is 0 Å². The number of hydrogen-bond donors (Lipinski definition) is 0. The molecule has 2 aromatic rings. The smallest absolute Gasteiger partial charge is 0.416 e. The highest BCUT2D eigenvalue weighted by atomic mass is 19.4. The molecule has 0 aliphatic heterocycles. The largest absolute Gasteiger partial charge is 0.460 e. The second-order valence-electron chi connectivity index (χ2n) is 3.62. The van der Waals surface area contributed by atoms with E-state index in [1.54, 1.807) is 6.92 Å². The lowest BCUT2D eigenvalue weighted by molar-refractivity contribution is -0.137. The van der Waals surface area contributed by atoms with E-state index in [-0.39, 0.29) is 5.58 Å². The van der Waals surface area contributed by atoms with Crippen LogP contribution in [0.4, 0.5) is 13.2 Å². The molecule has 1 aromatic heterocycles. The molecule has 2 nitrogen and oxygen atoms in total. The molecule has 0 radical (unpaired) electrons. The Balaban J connectivity index is 2.68. The molecule has 0 amide bonds. The van der Waals surface area contributed by atoms with Crippen LogP contribution in [0.2, 0.25) is 0 Å². The fourth-order valence-electron chi connectivity index (χ4n) is 1.74. The van der Waals surface area contributed by atoms with Crippen molar-refractivity contribution in [2.24, 2.45) is 0 Å². The minimum Gasteiger partial charge on any atom is -0.460 e. The maximum Gasteiger partial charge on any atom is 0.416 e. The molecule has 1 heterocycles. The van der Waals surface area contributed by atoms with Crippen LogP contribution in [-0.4, -0.2) is 6.29 Å². The summed E-state index contributed by atoms with van der Waals surface area (Å²) in [7, 11) is 0. The van der Waals surface area contributed by atoms with Gasteiger partial charge in [-0.25, -0.2) is 0 Å². The van der Waals surface area contributed by atoms with Gasteiger partial charge >= 0.3 is 6.18 Å². The third-order valence-electron chi connectivity index (χ3n) is 2.57. The molecule has 0 N–H and O–H groups in total. The maximum absolute atomic E-state index is 12.5. The molecule has 5 heteroatoms. The third kappa shape index (κ3) is 1.92. The van der Waals surface area contributed by atoms with Crippen molar-refractivity contribution < 1.29 is 22.4 Å². The van der Waals surface area contributed by atoms with Crippen LogP contribution in [0.3, 0.4) is 0 Å². The van der Waals surface area contributed by atoms with Crippen molar-refractivity contribution in [1.29, 1.82) is 0 Å². The number of benzene rings is 1. The van der Waals surface area contributed by atoms with Crippen LogP contribution in [0.1, 0.15) is 28.6 Å². The Morgan fingerprint density at radius 3 is 2.59 bits per heavy atom. The number of carbonyl (C=O) groups is 1. The summed E-state index contributed by atoms with van der Waals surface area (Å²) in [4.78, 5) is 10.9. The number of alkyl halides is 3. The van der Waals surface area contributed by atoms with Gasteiger partial charge in [-0.2, -0.15) is 13.2 Å². The molecule has 0 atom stereocenters. The highest BCUT2D eigenvalue weighted by Gasteiger charge is 2.31. The van der Waals surface area contributed by atoms with Crippen molar-refractivity contribution in [3.05, 3.63) is 35.1 Å². The topological polar surface area (TPSA) is 30.2 Å². The molecular formula is C12H9F3O2. The lowest BCUT2D eigenvalue weighted by Crippen LogP contribution is -2.03. The number of hydrogen-bond acceptors (Lipinski definition) is 2. The summed E-state index contributed by atoms with van der Waals surface area (Å²) in [5.74, 6) is 0.411. The number of halogens is 3. The molecule has 0 saturated heterocycles. The minimum atomic E-state index is -4.41. The Kier molecular flexibility index (Phi) is 2.69. The summed E-state index contributed by atoms with van der Waals surface area (Å²) in [6, 6.07) is 3.14. The fourth-order valence-corrected chi connectivity index (χ4v) is 1.74. The quantitative estimate of drug-likeness (QED) is 0.749. The number of furan rings is 1. The summed E-state index contributed by atoms with van der Waals surface area (Å²) >= 11 is 0. The van der Waals surface area contributed by atoms with Crippen LogP contribution >= 0.6 is 0 Å². The van der Waals surface area contributed by atoms with E-state index in [0.717, 1.165) is 12.1 Å². The Bertz CT molecular complexity index is 567. The molecule has 0 saturated carbocycles. The molecule has 0 unspecified atom stereocenters. The maximum atomic E-state index is 12.5. The van der Waals surface area contributed by atoms with Gasteiger partial charge in [0.2, 0.25) is 0 Å². The Hall–Kier alpha value is -1.78. The van der Waals surface area contributed by atoms with Crippen LogP contribution in [0.5, 0.6) is 0 Å². The first-order valence-electron chi connectivity index (χ1n) is 5.05. The van der Waals surface area contributed by atoms with E-state index in [2.05, 4.69) is 0 Å². The average molecular weight is 242 g/mol. The minimum absolute atomic E-state index is 0.0961. The van der Waals surface area contributed by atoms with Crippen LogP contribution in [0.25, 0.3) is 11.0 Å². The van der Waals surface area contributed by atoms with Gasteiger partial charge in [0, 0.05) is 11.8 Å². The van der Waals surface area contributed by atoms with Gasteiger partial charge in [0.1, 0.15) is 11.3 Å². The fraction of sp³-hybridized carbons (Fsp3) is 0.250. The van der Waals surface area contributed by atoms with Crippen molar-refractivity contribution in [2.45, 2.75) is 19.5 Å². The molecule has 17 heavy (non-hydrogen) atoms. The van der Waals surface area contributed by atoms with Gasteiger partial charge in [0.25, 0.3) is 0 Å². The molecule has 90 valence electrons. The predicted molar refractivity (Wildman–Crippen MR) is 56.0 cm³/mol. The van der Waals surface area contributed by atoms with Gasteiger partial charge in [0.05, 0.1) is 11.1 Å². The van der Waals surface area contributed by atoms with Crippen LogP contribution < -0.4 is 0 Å². The summed E-state index contributed by atoms with van der Waals surface area (Å²) in [6.45, 7) is 1.77. The van der Waals surface area contributed by atoms with Crippen molar-refractivity contribution in [1.82, 2.24) is 0 Å². The summed E-state index contributed by atoms with van der Waals surface area (Å²) in [5, 5.41) is 0.421. The lowest BCUT2D eigenvalue weighted by Gasteiger charge is -2.05. The molecule has 2 rings (SSSR count). The van der Waals surface area contributed by atoms with Crippen molar-refractivity contribution in [3.63, 3.8) is 0 Å². The van der Waals surface area contributed by atoms with Gasteiger partial charge < -0.3 is 4.42 Å². The Morgan fingerprint density at radius 2 is 2.06 bits per heavy atom. The second-order valence-corrected chi connectivity index (χ2v) is 3.62. The molecule has 1 aromatic carbocycles. The zero-order valence-corrected chi connectivity index (χ0v) is 8.97. The summed E-state index contributed by atoms with van der Waals surface area (Å²) in [6.07, 6.45) is -3.34. The molecule has 0 spiro atoms. The van der Waals surface area contributed by atoms with E-state index in [4.69, 9.17) is 4.42 Å². The second kappa shape index (κ2) is 3.91. The lowest BCUT2D eigenvalue weighted by atomic mass is 10.1. The van der Waals surface area contributed by atoms with Gasteiger partial charge in [-0.15, -0.1) is 0 Å². The number of carbonyl (C=O) groups excluding carboxylic acids is 1. The van der Waals surface area contributed by atoms with E-state index in [1.165, 1.54) is 6.07 Å². The first kappa shape index (κ1) is 11.7. The number of aryl methyl sites for hydroxylation is 1. The molecular weight excluding hydrogens is 233 g/mol. The van der Waals surface area contributed by atoms with Crippen LogP contribution in [0.15, 0.2) is 22.6 Å². The third-order valence-corrected chi connectivity index (χ3v) is 2.57. The van der Waals surface area contributed by atoms with Crippen molar-refractivity contribution >= 4 is 17.3 Å². The molecule has 0 aliphatic carbocycles. The van der Waals surface area contributed by atoms with E-state index < -0.39 is 11.7 Å². The zero-order valence-electron chi connectivity index (χ0n) is 8.97. The number of fused-ring (bicyclic) bond motifs is 1. The first-order chi connectivity index (χ1) is 7.97. The van der Waals surface area contributed by atoms with Gasteiger partial charge in [0.15, 0.2) is 6.29 Å². The predicted octanol–water partition coefficient (Wildman–Crippen LogP) is 3.83. The van der Waals surface area contributed by atoms with Gasteiger partial charge in [-0.05, 0) is 18.2 Å². The molecule has 0 fully saturated rings. The van der Waals surface area contributed by atoms with Crippen LogP contribution in [-0.2, 0) is 12.6 Å². The molecule has 0 bridgehead atoms. The van der Waals surface area contributed by atoms with E-state index in [0.29, 0.717) is 29.4 Å². The Morgan fingerprint density at radius 1 is 1.35 bits per heavy atom. The highest BCUT2D eigenvalue weighted by Crippen LogP contribution is 2.33. The highest BCUT2D eigenvalue weighted by molar-refractivity contribution is 5.97. The summed E-state index contributed by atoms with van der Waals surface area (Å²) in [5.41, 5.74) is -0.353. The Labute approximate surface area is 95.0 Å². The van der Waals surface area contributed by atoms with Gasteiger partial charge in [-0.1, -0.05) is 6.92 Å². The number of rotatable bonds is 2. The van der Waals surface area contributed by atoms with E-state index in [1.807, 2.05) is 0 Å². The van der Waals surface area contributed by atoms with E-state index >= 15 is 0 Å². The monoisotopic (exact) mass is 242 g/mol. The normalized spacial score (nSPS) is 12.0. The van der Waals surface area contributed by atoms with Crippen molar-refractivity contribution in [2.75, 3.05) is 0 Å². The first-order valence-corrected chi connectivity index (χ1v) is 5.05. The average Bonchev–Trinajstić information content (AvgIpc) is 2.64. The number of aldehydes is 1. The zero-order chi connectivity index (χ0) is 12.6. The van der Waals surface area contributed by atoms with Gasteiger partial charge in [-0.3, -0.25) is 4.79 Å². The summed E-state index contributed by atoms with van der Waals surface area (Å²) < 4.78 is 42.7. The van der Waals surface area contributed by atoms with Crippen LogP contribution in [0, 0.1) is 0 Å². The SMILES string of the molecule is CCc1oc2cc(C(F)(F)F)ccc2c1C=O. The van der Waals surface area contributed by atoms with E-state index in [9.17, 15) is 18.0 Å². The standard InChI is InChI=1S/C12H9F3O2/c1-2-10-9(6-16)8-4-3-7(12(13,14)15)5-11(8)17-10/h3-6H,2H2,1H3. The molecule has 0 aliphatic rings.